The number of amides is 1. The molecule has 1 amide bonds. The molecular weight excluding hydrogens is 367 g/mol. The van der Waals surface area contributed by atoms with E-state index in [-0.39, 0.29) is 5.91 Å². The minimum atomic E-state index is -5.08. The molecule has 2 heterocycles. The van der Waals surface area contributed by atoms with E-state index in [1.165, 1.54) is 0 Å². The first-order valence-electron chi connectivity index (χ1n) is 8.39. The second kappa shape index (κ2) is 9.36. The number of nitrogens with one attached hydrogen (secondary N) is 2. The van der Waals surface area contributed by atoms with Gasteiger partial charge < -0.3 is 15.2 Å². The summed E-state index contributed by atoms with van der Waals surface area (Å²) in [7, 11) is 0. The van der Waals surface area contributed by atoms with Crippen LogP contribution in [0.3, 0.4) is 0 Å². The van der Waals surface area contributed by atoms with Gasteiger partial charge in [-0.1, -0.05) is 0 Å². The molecule has 1 aromatic rings. The number of halogens is 3. The average molecular weight is 387 g/mol. The Kier molecular flexibility index (Phi) is 7.17. The summed E-state index contributed by atoms with van der Waals surface area (Å²) in [6.07, 6.45) is -1.46. The van der Waals surface area contributed by atoms with Gasteiger partial charge in [-0.3, -0.25) is 4.79 Å². The third-order valence-electron chi connectivity index (χ3n) is 3.92. The number of ether oxygens (including phenoxy) is 1. The zero-order valence-corrected chi connectivity index (χ0v) is 14.4. The summed E-state index contributed by atoms with van der Waals surface area (Å²) in [6.45, 7) is 2.05. The minimum absolute atomic E-state index is 0.0142. The topological polar surface area (TPSA) is 100 Å². The maximum absolute atomic E-state index is 11.1. The monoisotopic (exact) mass is 387 g/mol. The van der Waals surface area contributed by atoms with E-state index >= 15 is 0 Å². The smallest absolute Gasteiger partial charge is 0.490 e. The van der Waals surface area contributed by atoms with E-state index in [4.69, 9.17) is 14.6 Å². The Hall–Kier alpha value is -2.62. The molecule has 3 rings (SSSR count). The molecule has 1 fully saturated rings. The summed E-state index contributed by atoms with van der Waals surface area (Å²) in [5.41, 5.74) is 4.49. The zero-order chi connectivity index (χ0) is 19.9. The van der Waals surface area contributed by atoms with Gasteiger partial charge in [-0.25, -0.2) is 10.2 Å². The summed E-state index contributed by atoms with van der Waals surface area (Å²) < 4.78 is 37.7. The van der Waals surface area contributed by atoms with Gasteiger partial charge in [0, 0.05) is 12.8 Å². The molecule has 1 aromatic carbocycles. The quantitative estimate of drug-likeness (QED) is 0.737. The fraction of sp³-hybridized carbons (Fsp3) is 0.471. The lowest BCUT2D eigenvalue weighted by Gasteiger charge is -2.24. The summed E-state index contributed by atoms with van der Waals surface area (Å²) in [4.78, 5) is 20.0. The van der Waals surface area contributed by atoms with Crippen LogP contribution in [0.2, 0.25) is 0 Å². The van der Waals surface area contributed by atoms with Crippen molar-refractivity contribution in [1.29, 1.82) is 0 Å². The maximum Gasteiger partial charge on any atom is 0.490 e. The molecule has 0 saturated carbocycles. The number of alkyl halides is 3. The van der Waals surface area contributed by atoms with Crippen molar-refractivity contribution in [2.45, 2.75) is 38.0 Å². The number of aliphatic carboxylic acids is 1. The lowest BCUT2D eigenvalue weighted by molar-refractivity contribution is -0.192. The van der Waals surface area contributed by atoms with Crippen molar-refractivity contribution in [2.24, 2.45) is 5.10 Å². The molecule has 2 aliphatic rings. The van der Waals surface area contributed by atoms with Gasteiger partial charge in [0.15, 0.2) is 0 Å². The van der Waals surface area contributed by atoms with Gasteiger partial charge in [-0.05, 0) is 55.8 Å². The fourth-order valence-corrected chi connectivity index (χ4v) is 2.51. The van der Waals surface area contributed by atoms with Crippen molar-refractivity contribution in [3.05, 3.63) is 29.8 Å². The number of benzene rings is 1. The molecule has 7 nitrogen and oxygen atoms in total. The molecule has 0 aromatic heterocycles. The molecule has 3 N–H and O–H groups in total. The molecule has 2 aliphatic heterocycles. The van der Waals surface area contributed by atoms with Crippen LogP contribution < -0.4 is 15.5 Å². The van der Waals surface area contributed by atoms with Crippen molar-refractivity contribution in [1.82, 2.24) is 10.7 Å². The minimum Gasteiger partial charge on any atom is -0.490 e. The number of rotatable bonds is 3. The maximum atomic E-state index is 11.1. The summed E-state index contributed by atoms with van der Waals surface area (Å²) in [5.74, 6) is -1.87. The molecule has 0 spiro atoms. The third-order valence-corrected chi connectivity index (χ3v) is 3.92. The number of hydrazone groups is 1. The number of hydrogen-bond donors (Lipinski definition) is 3. The number of nitrogens with zero attached hydrogens (tertiary/aromatic N) is 1. The lowest BCUT2D eigenvalue weighted by atomic mass is 10.0. The molecular formula is C17H20F3N3O4. The van der Waals surface area contributed by atoms with E-state index in [0.29, 0.717) is 18.9 Å². The van der Waals surface area contributed by atoms with E-state index in [0.717, 1.165) is 43.0 Å². The highest BCUT2D eigenvalue weighted by Crippen LogP contribution is 2.19. The molecule has 0 bridgehead atoms. The van der Waals surface area contributed by atoms with Gasteiger partial charge in [0.05, 0.1) is 5.71 Å². The van der Waals surface area contributed by atoms with E-state index in [9.17, 15) is 18.0 Å². The SMILES string of the molecule is O=C(O)C(F)(F)F.O=C1CCC(c2ccc(OC3CCNCC3)cc2)=NN1. The van der Waals surface area contributed by atoms with Gasteiger partial charge in [-0.2, -0.15) is 18.3 Å². The van der Waals surface area contributed by atoms with Crippen molar-refractivity contribution in [3.8, 4) is 5.75 Å². The Bertz CT molecular complexity index is 684. The number of carbonyl (C=O) groups excluding carboxylic acids is 1. The molecule has 148 valence electrons. The largest absolute Gasteiger partial charge is 0.490 e. The Labute approximate surface area is 153 Å². The average Bonchev–Trinajstić information content (AvgIpc) is 2.64. The van der Waals surface area contributed by atoms with Gasteiger partial charge in [0.1, 0.15) is 11.9 Å². The highest BCUT2D eigenvalue weighted by molar-refractivity contribution is 6.04. The Morgan fingerprint density at radius 1 is 1.15 bits per heavy atom. The van der Waals surface area contributed by atoms with Crippen LogP contribution in [-0.4, -0.2) is 48.1 Å². The van der Waals surface area contributed by atoms with E-state index in [1.54, 1.807) is 0 Å². The van der Waals surface area contributed by atoms with Crippen LogP contribution in [0.4, 0.5) is 13.2 Å². The van der Waals surface area contributed by atoms with E-state index in [2.05, 4.69) is 15.8 Å². The first kappa shape index (κ1) is 20.7. The molecule has 0 unspecified atom stereocenters. The van der Waals surface area contributed by atoms with Gasteiger partial charge in [0.2, 0.25) is 5.91 Å². The van der Waals surface area contributed by atoms with Crippen LogP contribution in [0.5, 0.6) is 5.75 Å². The Morgan fingerprint density at radius 2 is 1.74 bits per heavy atom. The Morgan fingerprint density at radius 3 is 2.22 bits per heavy atom. The molecule has 10 heteroatoms. The van der Waals surface area contributed by atoms with Crippen molar-refractivity contribution in [3.63, 3.8) is 0 Å². The Balaban J connectivity index is 0.000000321. The molecule has 0 atom stereocenters. The first-order chi connectivity index (χ1) is 12.8. The predicted octanol–water partition coefficient (Wildman–Crippen LogP) is 2.06. The number of hydrogen-bond acceptors (Lipinski definition) is 5. The predicted molar refractivity (Wildman–Crippen MR) is 90.6 cm³/mol. The van der Waals surface area contributed by atoms with Crippen LogP contribution >= 0.6 is 0 Å². The first-order valence-corrected chi connectivity index (χ1v) is 8.39. The van der Waals surface area contributed by atoms with Crippen LogP contribution in [0.1, 0.15) is 31.2 Å². The summed E-state index contributed by atoms with van der Waals surface area (Å²) in [5, 5.41) is 14.5. The van der Waals surface area contributed by atoms with E-state index < -0.39 is 12.1 Å². The zero-order valence-electron chi connectivity index (χ0n) is 14.4. The van der Waals surface area contributed by atoms with E-state index in [1.807, 2.05) is 24.3 Å². The van der Waals surface area contributed by atoms with Crippen molar-refractivity contribution in [2.75, 3.05) is 13.1 Å². The number of carbonyl (C=O) groups is 2. The van der Waals surface area contributed by atoms with Crippen LogP contribution in [0.25, 0.3) is 0 Å². The van der Waals surface area contributed by atoms with Crippen LogP contribution in [0.15, 0.2) is 29.4 Å². The summed E-state index contributed by atoms with van der Waals surface area (Å²) in [6, 6.07) is 7.98. The highest BCUT2D eigenvalue weighted by Gasteiger charge is 2.38. The normalized spacial score (nSPS) is 17.9. The standard InChI is InChI=1S/C15H19N3O2.C2HF3O2/c19-15-6-5-14(17-18-15)11-1-3-12(4-2-11)20-13-7-9-16-10-8-13;3-2(4,5)1(6)7/h1-4,13,16H,5-10H2,(H,18,19);(H,6,7). The molecule has 0 aliphatic carbocycles. The lowest BCUT2D eigenvalue weighted by Crippen LogP contribution is -2.34. The van der Waals surface area contributed by atoms with Gasteiger partial charge in [0.25, 0.3) is 0 Å². The second-order valence-electron chi connectivity index (χ2n) is 5.99. The number of piperidine rings is 1. The van der Waals surface area contributed by atoms with Gasteiger partial charge in [-0.15, -0.1) is 0 Å². The third kappa shape index (κ3) is 6.89. The fourth-order valence-electron chi connectivity index (χ4n) is 2.51. The number of carboxylic acid groups (broad SMARTS) is 1. The summed E-state index contributed by atoms with van der Waals surface area (Å²) >= 11 is 0. The van der Waals surface area contributed by atoms with Crippen molar-refractivity contribution >= 4 is 17.6 Å². The van der Waals surface area contributed by atoms with Crippen LogP contribution in [-0.2, 0) is 9.59 Å². The molecule has 1 saturated heterocycles. The molecule has 27 heavy (non-hydrogen) atoms. The highest BCUT2D eigenvalue weighted by atomic mass is 19.4. The molecule has 0 radical (unpaired) electrons. The second-order valence-corrected chi connectivity index (χ2v) is 5.99. The number of carboxylic acids is 1. The van der Waals surface area contributed by atoms with Crippen LogP contribution in [0, 0.1) is 0 Å². The van der Waals surface area contributed by atoms with Crippen molar-refractivity contribution < 1.29 is 32.6 Å². The van der Waals surface area contributed by atoms with Gasteiger partial charge >= 0.3 is 12.1 Å².